The van der Waals surface area contributed by atoms with Crippen molar-refractivity contribution in [2.75, 3.05) is 13.7 Å². The lowest BCUT2D eigenvalue weighted by atomic mass is 10.3. The fourth-order valence-corrected chi connectivity index (χ4v) is 0.741. The van der Waals surface area contributed by atoms with Gasteiger partial charge in [0.15, 0.2) is 6.61 Å². The maximum atomic E-state index is 11.7. The van der Waals surface area contributed by atoms with E-state index in [-0.39, 0.29) is 11.4 Å². The minimum Gasteiger partial charge on any atom is -0.467 e. The summed E-state index contributed by atoms with van der Waals surface area (Å²) in [6.07, 6.45) is -3.17. The molecule has 4 nitrogen and oxygen atoms in total. The Labute approximate surface area is 90.5 Å². The average molecular weight is 233 g/mol. The van der Waals surface area contributed by atoms with Gasteiger partial charge in [0.2, 0.25) is 5.88 Å². The van der Waals surface area contributed by atoms with Gasteiger partial charge >= 0.3 is 6.18 Å². The van der Waals surface area contributed by atoms with E-state index in [2.05, 4.69) is 15.5 Å². The Bertz CT molecular complexity index is 360. The van der Waals surface area contributed by atoms with Crippen molar-refractivity contribution in [2.24, 2.45) is 5.73 Å². The summed E-state index contributed by atoms with van der Waals surface area (Å²) in [6.45, 7) is -1.45. The average Bonchev–Trinajstić information content (AvgIpc) is 2.28. The number of nitriles is 1. The summed E-state index contributed by atoms with van der Waals surface area (Å²) in [7, 11) is 1.50. The first kappa shape index (κ1) is 14.2. The van der Waals surface area contributed by atoms with E-state index < -0.39 is 12.8 Å². The largest absolute Gasteiger partial charge is 0.467 e. The normalized spacial score (nSPS) is 9.75. The summed E-state index contributed by atoms with van der Waals surface area (Å²) in [4.78, 5) is 3.51. The molecular weight excluding hydrogens is 223 g/mol. The summed E-state index contributed by atoms with van der Waals surface area (Å²) in [6, 6.07) is 4.45. The number of nitrogens with two attached hydrogens (primary N) is 1. The second-order valence-corrected chi connectivity index (χ2v) is 2.37. The SMILES string of the molecule is CN.N#Cc1cccnc1OCC(F)(F)F. The zero-order valence-corrected chi connectivity index (χ0v) is 8.45. The van der Waals surface area contributed by atoms with Crippen LogP contribution in [-0.2, 0) is 0 Å². The number of aromatic nitrogens is 1. The van der Waals surface area contributed by atoms with E-state index in [1.807, 2.05) is 0 Å². The summed E-state index contributed by atoms with van der Waals surface area (Å²) < 4.78 is 39.6. The molecule has 1 rings (SSSR count). The summed E-state index contributed by atoms with van der Waals surface area (Å²) in [5.74, 6) is -0.299. The zero-order valence-electron chi connectivity index (χ0n) is 8.45. The van der Waals surface area contributed by atoms with Crippen molar-refractivity contribution in [3.8, 4) is 11.9 Å². The molecule has 0 unspecified atom stereocenters. The molecule has 0 aliphatic heterocycles. The lowest BCUT2D eigenvalue weighted by Crippen LogP contribution is -2.20. The zero-order chi connectivity index (χ0) is 12.6. The molecule has 1 heterocycles. The topological polar surface area (TPSA) is 71.9 Å². The van der Waals surface area contributed by atoms with E-state index in [9.17, 15) is 13.2 Å². The number of nitrogens with zero attached hydrogens (tertiary/aromatic N) is 2. The number of hydrogen-bond donors (Lipinski definition) is 1. The Morgan fingerprint density at radius 2 is 2.12 bits per heavy atom. The van der Waals surface area contributed by atoms with Gasteiger partial charge in [-0.05, 0) is 19.2 Å². The molecule has 1 aromatic heterocycles. The molecule has 16 heavy (non-hydrogen) atoms. The van der Waals surface area contributed by atoms with Crippen LogP contribution < -0.4 is 10.5 Å². The molecule has 88 valence electrons. The highest BCUT2D eigenvalue weighted by Gasteiger charge is 2.29. The fourth-order valence-electron chi connectivity index (χ4n) is 0.741. The third-order valence-corrected chi connectivity index (χ3v) is 1.26. The lowest BCUT2D eigenvalue weighted by Gasteiger charge is -2.08. The van der Waals surface area contributed by atoms with Crippen molar-refractivity contribution < 1.29 is 17.9 Å². The molecule has 0 spiro atoms. The van der Waals surface area contributed by atoms with Crippen LogP contribution >= 0.6 is 0 Å². The van der Waals surface area contributed by atoms with Crippen molar-refractivity contribution in [2.45, 2.75) is 6.18 Å². The first-order valence-electron chi connectivity index (χ1n) is 4.15. The Morgan fingerprint density at radius 3 is 2.62 bits per heavy atom. The van der Waals surface area contributed by atoms with Crippen LogP contribution in [0, 0.1) is 11.3 Å². The van der Waals surface area contributed by atoms with Gasteiger partial charge < -0.3 is 10.5 Å². The second kappa shape index (κ2) is 6.63. The predicted molar refractivity (Wildman–Crippen MR) is 50.6 cm³/mol. The molecule has 0 fully saturated rings. The van der Waals surface area contributed by atoms with Gasteiger partial charge in [0.05, 0.1) is 0 Å². The fraction of sp³-hybridized carbons (Fsp3) is 0.333. The summed E-state index contributed by atoms with van der Waals surface area (Å²) in [5.41, 5.74) is 4.48. The highest BCUT2D eigenvalue weighted by molar-refractivity contribution is 5.36. The van der Waals surface area contributed by atoms with Crippen LogP contribution in [0.5, 0.6) is 5.88 Å². The third kappa shape index (κ3) is 5.17. The van der Waals surface area contributed by atoms with Gasteiger partial charge in [-0.15, -0.1) is 0 Å². The molecule has 0 aromatic carbocycles. The van der Waals surface area contributed by atoms with Gasteiger partial charge in [0.1, 0.15) is 11.6 Å². The van der Waals surface area contributed by atoms with Crippen molar-refractivity contribution in [1.82, 2.24) is 4.98 Å². The summed E-state index contributed by atoms with van der Waals surface area (Å²) in [5, 5.41) is 8.50. The Morgan fingerprint density at radius 1 is 1.50 bits per heavy atom. The molecule has 0 atom stereocenters. The molecule has 0 amide bonds. The van der Waals surface area contributed by atoms with Crippen LogP contribution in [0.15, 0.2) is 18.3 Å². The van der Waals surface area contributed by atoms with Crippen LogP contribution in [0.1, 0.15) is 5.56 Å². The van der Waals surface area contributed by atoms with Crippen LogP contribution in [0.4, 0.5) is 13.2 Å². The number of hydrogen-bond acceptors (Lipinski definition) is 4. The summed E-state index contributed by atoms with van der Waals surface area (Å²) >= 11 is 0. The quantitative estimate of drug-likeness (QED) is 0.839. The smallest absolute Gasteiger partial charge is 0.422 e. The molecule has 0 bridgehead atoms. The van der Waals surface area contributed by atoms with Crippen LogP contribution in [0.2, 0.25) is 0 Å². The maximum absolute atomic E-state index is 11.7. The third-order valence-electron chi connectivity index (χ3n) is 1.26. The van der Waals surface area contributed by atoms with Gasteiger partial charge in [-0.25, -0.2) is 4.98 Å². The second-order valence-electron chi connectivity index (χ2n) is 2.37. The molecule has 0 saturated carbocycles. The van der Waals surface area contributed by atoms with Crippen LogP contribution in [0.25, 0.3) is 0 Å². The molecule has 0 aliphatic rings. The molecule has 0 radical (unpaired) electrons. The van der Waals surface area contributed by atoms with Crippen molar-refractivity contribution >= 4 is 0 Å². The van der Waals surface area contributed by atoms with Crippen molar-refractivity contribution in [3.63, 3.8) is 0 Å². The van der Waals surface area contributed by atoms with Crippen LogP contribution in [-0.4, -0.2) is 24.8 Å². The minimum absolute atomic E-state index is 0.0169. The highest BCUT2D eigenvalue weighted by atomic mass is 19.4. The number of halogens is 3. The minimum atomic E-state index is -4.43. The van der Waals surface area contributed by atoms with Gasteiger partial charge in [0.25, 0.3) is 0 Å². The Kier molecular flexibility index (Phi) is 5.88. The van der Waals surface area contributed by atoms with Crippen molar-refractivity contribution in [1.29, 1.82) is 5.26 Å². The first-order chi connectivity index (χ1) is 7.53. The standard InChI is InChI=1S/C8H5F3N2O.CH5N/c9-8(10,11)5-14-7-6(4-12)2-1-3-13-7;1-2/h1-3H,5H2;2H2,1H3. The lowest BCUT2D eigenvalue weighted by molar-refractivity contribution is -0.154. The van der Waals surface area contributed by atoms with Gasteiger partial charge in [-0.2, -0.15) is 18.4 Å². The molecule has 0 saturated heterocycles. The van der Waals surface area contributed by atoms with Crippen molar-refractivity contribution in [3.05, 3.63) is 23.9 Å². The highest BCUT2D eigenvalue weighted by Crippen LogP contribution is 2.18. The number of rotatable bonds is 2. The van der Waals surface area contributed by atoms with E-state index in [0.717, 1.165) is 0 Å². The maximum Gasteiger partial charge on any atom is 0.422 e. The van der Waals surface area contributed by atoms with E-state index >= 15 is 0 Å². The number of ether oxygens (including phenoxy) is 1. The number of pyridine rings is 1. The monoisotopic (exact) mass is 233 g/mol. The Balaban J connectivity index is 0.00000106. The van der Waals surface area contributed by atoms with Gasteiger partial charge in [-0.3, -0.25) is 0 Å². The predicted octanol–water partition coefficient (Wildman–Crippen LogP) is 1.47. The van der Waals surface area contributed by atoms with Crippen LogP contribution in [0.3, 0.4) is 0 Å². The van der Waals surface area contributed by atoms with E-state index in [4.69, 9.17) is 5.26 Å². The number of alkyl halides is 3. The molecular formula is C9H10F3N3O. The van der Waals surface area contributed by atoms with Gasteiger partial charge in [0, 0.05) is 6.20 Å². The first-order valence-corrected chi connectivity index (χ1v) is 4.15. The molecule has 0 aliphatic carbocycles. The molecule has 1 aromatic rings. The Hall–Kier alpha value is -1.81. The molecule has 7 heteroatoms. The van der Waals surface area contributed by atoms with E-state index in [1.165, 1.54) is 25.4 Å². The van der Waals surface area contributed by atoms with E-state index in [0.29, 0.717) is 0 Å². The van der Waals surface area contributed by atoms with Gasteiger partial charge in [-0.1, -0.05) is 0 Å². The molecule has 2 N–H and O–H groups in total. The van der Waals surface area contributed by atoms with E-state index in [1.54, 1.807) is 6.07 Å².